The largest absolute Gasteiger partial charge is 0.497 e. The molecule has 5 nitrogen and oxygen atoms in total. The highest BCUT2D eigenvalue weighted by Gasteiger charge is 2.66. The monoisotopic (exact) mass is 457 g/mol. The highest BCUT2D eigenvalue weighted by molar-refractivity contribution is 9.12. The number of methoxy groups -OCH3 is 2. The summed E-state index contributed by atoms with van der Waals surface area (Å²) in [5, 5.41) is 0. The third-order valence-corrected chi connectivity index (χ3v) is 8.82. The normalized spacial score (nSPS) is 37.1. The minimum absolute atomic E-state index is 0.118. The van der Waals surface area contributed by atoms with Gasteiger partial charge in [0.1, 0.15) is 11.5 Å². The van der Waals surface area contributed by atoms with Crippen LogP contribution < -0.4 is 14.4 Å². The van der Waals surface area contributed by atoms with Crippen LogP contribution in [0.15, 0.2) is 18.2 Å². The molecule has 0 aromatic heterocycles. The Balaban J connectivity index is 1.77. The van der Waals surface area contributed by atoms with E-state index in [0.29, 0.717) is 17.2 Å². The first-order valence-corrected chi connectivity index (χ1v) is 9.70. The summed E-state index contributed by atoms with van der Waals surface area (Å²) in [6, 6.07) is 5.16. The fourth-order valence-electron chi connectivity index (χ4n) is 4.56. The second-order valence-electron chi connectivity index (χ2n) is 6.55. The summed E-state index contributed by atoms with van der Waals surface area (Å²) in [5.41, 5.74) is 0.470. The number of hydrogen-bond donors (Lipinski definition) is 0. The molecule has 3 aliphatic rings. The Morgan fingerprint density at radius 1 is 1.00 bits per heavy atom. The van der Waals surface area contributed by atoms with Crippen LogP contribution in [0.3, 0.4) is 0 Å². The molecule has 2 aliphatic carbocycles. The van der Waals surface area contributed by atoms with E-state index in [-0.39, 0.29) is 45.1 Å². The topological polar surface area (TPSA) is 55.8 Å². The number of fused-ring (bicyclic) bond motifs is 5. The lowest BCUT2D eigenvalue weighted by molar-refractivity contribution is -0.123. The minimum atomic E-state index is -0.239. The molecule has 2 amide bonds. The molecule has 1 aromatic carbocycles. The second-order valence-corrected chi connectivity index (χ2v) is 8.67. The number of benzene rings is 1. The predicted octanol–water partition coefficient (Wildman–Crippen LogP) is 2.99. The van der Waals surface area contributed by atoms with Crippen LogP contribution in [0.4, 0.5) is 5.69 Å². The molecule has 4 rings (SSSR count). The zero-order valence-electron chi connectivity index (χ0n) is 13.2. The van der Waals surface area contributed by atoms with Crippen LogP contribution in [0.5, 0.6) is 11.5 Å². The number of rotatable bonds is 3. The molecule has 0 spiro atoms. The fourth-order valence-corrected chi connectivity index (χ4v) is 6.43. The van der Waals surface area contributed by atoms with Crippen molar-refractivity contribution in [2.45, 2.75) is 16.1 Å². The molecule has 3 fully saturated rings. The number of anilines is 1. The van der Waals surface area contributed by atoms with Gasteiger partial charge in [0.25, 0.3) is 0 Å². The van der Waals surface area contributed by atoms with Crippen molar-refractivity contribution in [2.75, 3.05) is 19.1 Å². The third-order valence-electron chi connectivity index (χ3n) is 5.61. The summed E-state index contributed by atoms with van der Waals surface area (Å²) in [6.45, 7) is 0. The van der Waals surface area contributed by atoms with Gasteiger partial charge in [-0.05, 0) is 30.4 Å². The number of halogens is 2. The van der Waals surface area contributed by atoms with Crippen molar-refractivity contribution >= 4 is 49.4 Å². The van der Waals surface area contributed by atoms with Gasteiger partial charge in [-0.15, -0.1) is 0 Å². The number of ether oxygens (including phenoxy) is 2. The van der Waals surface area contributed by atoms with Gasteiger partial charge in [0.05, 0.1) is 31.7 Å². The molecule has 0 unspecified atom stereocenters. The number of hydrogen-bond acceptors (Lipinski definition) is 4. The molecule has 6 atom stereocenters. The summed E-state index contributed by atoms with van der Waals surface area (Å²) in [6.07, 6.45) is 0.918. The molecule has 2 bridgehead atoms. The number of carbonyl (C=O) groups is 2. The van der Waals surface area contributed by atoms with Gasteiger partial charge in [0, 0.05) is 15.7 Å². The first kappa shape index (κ1) is 16.4. The SMILES string of the molecule is COc1ccc(OC)c(N2C(=O)[C@@H]3[C@H]4C[C@@H]([C@H](Br)[C@H]4Br)[C@@H]3C2=O)c1. The molecule has 0 radical (unpaired) electrons. The molecular formula is C17H17Br2NO4. The molecular weight excluding hydrogens is 442 g/mol. The van der Waals surface area contributed by atoms with E-state index in [1.807, 2.05) is 0 Å². The number of alkyl halides is 2. The van der Waals surface area contributed by atoms with E-state index < -0.39 is 0 Å². The smallest absolute Gasteiger partial charge is 0.238 e. The third kappa shape index (κ3) is 2.03. The molecule has 7 heteroatoms. The molecule has 1 aromatic rings. The van der Waals surface area contributed by atoms with Crippen LogP contribution in [0.2, 0.25) is 0 Å². The number of imide groups is 1. The molecule has 128 valence electrons. The molecule has 1 saturated heterocycles. The van der Waals surface area contributed by atoms with E-state index in [1.165, 1.54) is 12.0 Å². The van der Waals surface area contributed by atoms with Gasteiger partial charge >= 0.3 is 0 Å². The van der Waals surface area contributed by atoms with Crippen LogP contribution in [-0.2, 0) is 9.59 Å². The summed E-state index contributed by atoms with van der Waals surface area (Å²) in [4.78, 5) is 27.9. The molecule has 1 heterocycles. The number of nitrogens with zero attached hydrogens (tertiary/aromatic N) is 1. The van der Waals surface area contributed by atoms with Gasteiger partial charge in [-0.1, -0.05) is 31.9 Å². The Kier molecular flexibility index (Phi) is 3.91. The van der Waals surface area contributed by atoms with E-state index in [1.54, 1.807) is 25.3 Å². The van der Waals surface area contributed by atoms with E-state index >= 15 is 0 Å². The quantitative estimate of drug-likeness (QED) is 0.516. The average Bonchev–Trinajstić information content (AvgIpc) is 3.19. The van der Waals surface area contributed by atoms with Gasteiger partial charge in [-0.3, -0.25) is 9.59 Å². The zero-order chi connectivity index (χ0) is 17.2. The van der Waals surface area contributed by atoms with Crippen LogP contribution in [-0.4, -0.2) is 35.7 Å². The summed E-state index contributed by atoms with van der Waals surface area (Å²) in [7, 11) is 3.09. The van der Waals surface area contributed by atoms with E-state index in [9.17, 15) is 9.59 Å². The van der Waals surface area contributed by atoms with Gasteiger partial charge in [-0.2, -0.15) is 0 Å². The fraction of sp³-hybridized carbons (Fsp3) is 0.529. The number of amides is 2. The Bertz CT molecular complexity index is 693. The summed E-state index contributed by atoms with van der Waals surface area (Å²) >= 11 is 7.40. The summed E-state index contributed by atoms with van der Waals surface area (Å²) < 4.78 is 10.6. The van der Waals surface area contributed by atoms with Crippen molar-refractivity contribution in [3.8, 4) is 11.5 Å². The lowest BCUT2D eigenvalue weighted by Crippen LogP contribution is -2.37. The molecule has 2 saturated carbocycles. The van der Waals surface area contributed by atoms with Crippen molar-refractivity contribution in [1.82, 2.24) is 0 Å². The van der Waals surface area contributed by atoms with E-state index in [0.717, 1.165) is 6.42 Å². The maximum atomic E-state index is 13.1. The van der Waals surface area contributed by atoms with Gasteiger partial charge in [0.2, 0.25) is 11.8 Å². The first-order valence-electron chi connectivity index (χ1n) is 7.87. The van der Waals surface area contributed by atoms with Gasteiger partial charge < -0.3 is 9.47 Å². The van der Waals surface area contributed by atoms with Crippen LogP contribution in [0, 0.1) is 23.7 Å². The maximum absolute atomic E-state index is 13.1. The molecule has 1 aliphatic heterocycles. The van der Waals surface area contributed by atoms with Crippen LogP contribution in [0.1, 0.15) is 6.42 Å². The Labute approximate surface area is 156 Å². The lowest BCUT2D eigenvalue weighted by atomic mass is 9.81. The first-order chi connectivity index (χ1) is 11.5. The van der Waals surface area contributed by atoms with Crippen molar-refractivity contribution < 1.29 is 19.1 Å². The van der Waals surface area contributed by atoms with Crippen LogP contribution >= 0.6 is 31.9 Å². The second kappa shape index (κ2) is 5.73. The molecule has 0 N–H and O–H groups in total. The van der Waals surface area contributed by atoms with E-state index in [4.69, 9.17) is 9.47 Å². The Hall–Kier alpha value is -1.08. The van der Waals surface area contributed by atoms with Crippen molar-refractivity contribution in [3.63, 3.8) is 0 Å². The highest BCUT2D eigenvalue weighted by atomic mass is 79.9. The van der Waals surface area contributed by atoms with Crippen molar-refractivity contribution in [1.29, 1.82) is 0 Å². The zero-order valence-corrected chi connectivity index (χ0v) is 16.4. The Morgan fingerprint density at radius 2 is 1.58 bits per heavy atom. The highest BCUT2D eigenvalue weighted by Crippen LogP contribution is 2.61. The van der Waals surface area contributed by atoms with E-state index in [2.05, 4.69) is 31.9 Å². The van der Waals surface area contributed by atoms with Crippen molar-refractivity contribution in [2.24, 2.45) is 23.7 Å². The lowest BCUT2D eigenvalue weighted by Gasteiger charge is -2.28. The Morgan fingerprint density at radius 3 is 2.08 bits per heavy atom. The average molecular weight is 459 g/mol. The number of carbonyl (C=O) groups excluding carboxylic acids is 2. The summed E-state index contributed by atoms with van der Waals surface area (Å²) in [5.74, 6) is 0.762. The van der Waals surface area contributed by atoms with Gasteiger partial charge in [0.15, 0.2) is 0 Å². The predicted molar refractivity (Wildman–Crippen MR) is 96.0 cm³/mol. The molecule has 24 heavy (non-hydrogen) atoms. The standard InChI is InChI=1S/C17H17Br2NO4/c1-23-7-3-4-11(24-2)10(5-7)20-16(21)12-8-6-9(13(12)17(20)22)15(19)14(8)18/h3-5,8-9,12-15H,6H2,1-2H3/t8-,9-,12-,13+,14+,15+/m1/s1. The minimum Gasteiger partial charge on any atom is -0.497 e. The maximum Gasteiger partial charge on any atom is 0.238 e. The van der Waals surface area contributed by atoms with Gasteiger partial charge in [-0.25, -0.2) is 4.90 Å². The van der Waals surface area contributed by atoms with Crippen molar-refractivity contribution in [3.05, 3.63) is 18.2 Å². The van der Waals surface area contributed by atoms with Crippen LogP contribution in [0.25, 0.3) is 0 Å².